The number of rotatable bonds is 7. The van der Waals surface area contributed by atoms with E-state index in [9.17, 15) is 0 Å². The zero-order chi connectivity index (χ0) is 17.6. The van der Waals surface area contributed by atoms with E-state index in [0.717, 1.165) is 11.5 Å². The molecule has 25 heavy (non-hydrogen) atoms. The fraction of sp³-hybridized carbons (Fsp3) is 0.250. The van der Waals surface area contributed by atoms with E-state index in [2.05, 4.69) is 47.1 Å². The van der Waals surface area contributed by atoms with Crippen LogP contribution in [0.15, 0.2) is 59.7 Å². The van der Waals surface area contributed by atoms with Crippen LogP contribution in [0.25, 0.3) is 0 Å². The normalized spacial score (nSPS) is 13.8. The lowest BCUT2D eigenvalue weighted by atomic mass is 10.1. The van der Waals surface area contributed by atoms with Crippen molar-refractivity contribution in [3.05, 3.63) is 71.2 Å². The summed E-state index contributed by atoms with van der Waals surface area (Å²) in [4.78, 5) is 4.24. The van der Waals surface area contributed by atoms with Crippen molar-refractivity contribution in [1.29, 1.82) is 5.26 Å². The highest BCUT2D eigenvalue weighted by Crippen LogP contribution is 2.39. The summed E-state index contributed by atoms with van der Waals surface area (Å²) < 4.78 is 5.90. The molecule has 0 saturated heterocycles. The Bertz CT molecular complexity index is 816. The van der Waals surface area contributed by atoms with Gasteiger partial charge in [-0.05, 0) is 49.0 Å². The van der Waals surface area contributed by atoms with Crippen molar-refractivity contribution >= 4 is 12.5 Å². The van der Waals surface area contributed by atoms with Gasteiger partial charge in [0.25, 0.3) is 0 Å². The predicted molar refractivity (Wildman–Crippen MR) is 97.9 cm³/mol. The van der Waals surface area contributed by atoms with Crippen LogP contribution in [0.3, 0.4) is 0 Å². The Hall–Kier alpha value is -3.13. The highest BCUT2D eigenvalue weighted by atomic mass is 16.5. The molecule has 1 aliphatic carbocycles. The SMILES string of the molecule is C=NN(C(=CC)OCc1ccc(C2CC2)cc1)c1cc(C#N)ccn1. The van der Waals surface area contributed by atoms with Crippen LogP contribution >= 0.6 is 0 Å². The first kappa shape index (κ1) is 16.7. The van der Waals surface area contributed by atoms with Gasteiger partial charge in [0, 0.05) is 19.0 Å². The lowest BCUT2D eigenvalue weighted by molar-refractivity contribution is 0.190. The summed E-state index contributed by atoms with van der Waals surface area (Å²) in [5.41, 5.74) is 3.00. The van der Waals surface area contributed by atoms with Gasteiger partial charge in [0.2, 0.25) is 5.88 Å². The highest BCUT2D eigenvalue weighted by molar-refractivity contribution is 5.50. The molecule has 0 amide bonds. The summed E-state index contributed by atoms with van der Waals surface area (Å²) in [6, 6.07) is 13.9. The summed E-state index contributed by atoms with van der Waals surface area (Å²) in [5, 5.41) is 14.5. The molecule has 1 fully saturated rings. The molecule has 1 heterocycles. The standard InChI is InChI=1S/C20H20N4O/c1-3-20(24(22-2)19-12-16(13-21)10-11-23-19)25-14-15-4-6-17(7-5-15)18-8-9-18/h3-7,10-12,18H,2,8-9,14H2,1H3. The lowest BCUT2D eigenvalue weighted by Crippen LogP contribution is -2.18. The molecule has 1 aliphatic rings. The Kier molecular flexibility index (Phi) is 5.10. The van der Waals surface area contributed by atoms with Crippen molar-refractivity contribution in [2.75, 3.05) is 5.01 Å². The average Bonchev–Trinajstić information content (AvgIpc) is 3.51. The monoisotopic (exact) mass is 332 g/mol. The van der Waals surface area contributed by atoms with Gasteiger partial charge in [0.1, 0.15) is 6.61 Å². The van der Waals surface area contributed by atoms with Gasteiger partial charge >= 0.3 is 0 Å². The third-order valence-corrected chi connectivity index (χ3v) is 4.10. The highest BCUT2D eigenvalue weighted by Gasteiger charge is 2.23. The number of aromatic nitrogens is 1. The first-order valence-electron chi connectivity index (χ1n) is 8.26. The van der Waals surface area contributed by atoms with Gasteiger partial charge in [-0.1, -0.05) is 24.3 Å². The van der Waals surface area contributed by atoms with Crippen LogP contribution in [0.1, 0.15) is 42.4 Å². The van der Waals surface area contributed by atoms with E-state index >= 15 is 0 Å². The molecule has 3 rings (SSSR count). The summed E-state index contributed by atoms with van der Waals surface area (Å²) in [5.74, 6) is 1.76. The van der Waals surface area contributed by atoms with Crippen LogP contribution in [0.5, 0.6) is 0 Å². The molecular formula is C20H20N4O. The number of hydrogen-bond donors (Lipinski definition) is 0. The number of ether oxygens (including phenoxy) is 1. The summed E-state index contributed by atoms with van der Waals surface area (Å²) in [6.07, 6.45) is 5.96. The zero-order valence-corrected chi connectivity index (χ0v) is 14.2. The number of benzene rings is 1. The van der Waals surface area contributed by atoms with Gasteiger partial charge in [-0.3, -0.25) is 0 Å². The van der Waals surface area contributed by atoms with Crippen LogP contribution in [0, 0.1) is 11.3 Å². The number of nitrogens with zero attached hydrogens (tertiary/aromatic N) is 4. The van der Waals surface area contributed by atoms with Crippen molar-refractivity contribution in [3.8, 4) is 6.07 Å². The molecule has 2 aromatic rings. The van der Waals surface area contributed by atoms with Crippen molar-refractivity contribution in [3.63, 3.8) is 0 Å². The Morgan fingerprint density at radius 1 is 1.40 bits per heavy atom. The van der Waals surface area contributed by atoms with E-state index in [4.69, 9.17) is 10.00 Å². The number of hydrogen-bond acceptors (Lipinski definition) is 5. The maximum absolute atomic E-state index is 9.04. The second-order valence-electron chi connectivity index (χ2n) is 5.90. The Labute approximate surface area is 147 Å². The van der Waals surface area contributed by atoms with Crippen LogP contribution < -0.4 is 5.01 Å². The molecule has 0 N–H and O–H groups in total. The lowest BCUT2D eigenvalue weighted by Gasteiger charge is -2.21. The molecule has 5 nitrogen and oxygen atoms in total. The molecule has 0 bridgehead atoms. The summed E-state index contributed by atoms with van der Waals surface area (Å²) >= 11 is 0. The minimum Gasteiger partial charge on any atom is -0.473 e. The molecule has 1 saturated carbocycles. The fourth-order valence-corrected chi connectivity index (χ4v) is 2.59. The van der Waals surface area contributed by atoms with Crippen molar-refractivity contribution in [2.24, 2.45) is 5.10 Å². The largest absolute Gasteiger partial charge is 0.473 e. The van der Waals surface area contributed by atoms with E-state index in [1.807, 2.05) is 6.92 Å². The maximum Gasteiger partial charge on any atom is 0.212 e. The number of anilines is 1. The fourth-order valence-electron chi connectivity index (χ4n) is 2.59. The maximum atomic E-state index is 9.04. The number of allylic oxidation sites excluding steroid dienone is 1. The van der Waals surface area contributed by atoms with E-state index < -0.39 is 0 Å². The van der Waals surface area contributed by atoms with Crippen molar-refractivity contribution in [1.82, 2.24) is 4.98 Å². The molecule has 1 aromatic heterocycles. The summed E-state index contributed by atoms with van der Waals surface area (Å²) in [7, 11) is 0. The minimum absolute atomic E-state index is 0.425. The molecule has 0 aliphatic heterocycles. The number of nitriles is 1. The van der Waals surface area contributed by atoms with E-state index in [-0.39, 0.29) is 0 Å². The van der Waals surface area contributed by atoms with Crippen LogP contribution in [0.2, 0.25) is 0 Å². The summed E-state index contributed by atoms with van der Waals surface area (Å²) in [6.45, 7) is 5.87. The first-order valence-corrected chi connectivity index (χ1v) is 8.26. The molecule has 5 heteroatoms. The van der Waals surface area contributed by atoms with Crippen LogP contribution in [-0.4, -0.2) is 11.7 Å². The molecule has 0 unspecified atom stereocenters. The molecule has 126 valence electrons. The topological polar surface area (TPSA) is 61.5 Å². The first-order chi connectivity index (χ1) is 12.2. The molecule has 0 atom stereocenters. The van der Waals surface area contributed by atoms with Crippen molar-refractivity contribution in [2.45, 2.75) is 32.3 Å². The van der Waals surface area contributed by atoms with Gasteiger partial charge in [0.05, 0.1) is 11.6 Å². The van der Waals surface area contributed by atoms with Crippen LogP contribution in [0.4, 0.5) is 5.82 Å². The third-order valence-electron chi connectivity index (χ3n) is 4.10. The molecule has 1 aromatic carbocycles. The molecule has 0 radical (unpaired) electrons. The number of pyridine rings is 1. The Balaban J connectivity index is 1.69. The Morgan fingerprint density at radius 2 is 2.16 bits per heavy atom. The van der Waals surface area contributed by atoms with Crippen molar-refractivity contribution < 1.29 is 4.74 Å². The quantitative estimate of drug-likeness (QED) is 0.430. The second kappa shape index (κ2) is 7.63. The van der Waals surface area contributed by atoms with Gasteiger partial charge in [-0.2, -0.15) is 15.4 Å². The smallest absolute Gasteiger partial charge is 0.212 e. The second-order valence-corrected chi connectivity index (χ2v) is 5.90. The van der Waals surface area contributed by atoms with E-state index in [1.54, 1.807) is 24.4 Å². The molecular weight excluding hydrogens is 312 g/mol. The van der Waals surface area contributed by atoms with Gasteiger partial charge in [0.15, 0.2) is 5.82 Å². The van der Waals surface area contributed by atoms with Gasteiger partial charge < -0.3 is 4.74 Å². The van der Waals surface area contributed by atoms with Crippen LogP contribution in [-0.2, 0) is 11.3 Å². The average molecular weight is 332 g/mol. The zero-order valence-electron chi connectivity index (χ0n) is 14.2. The predicted octanol–water partition coefficient (Wildman–Crippen LogP) is 4.33. The molecule has 0 spiro atoms. The third kappa shape index (κ3) is 4.04. The Morgan fingerprint density at radius 3 is 2.76 bits per heavy atom. The van der Waals surface area contributed by atoms with Gasteiger partial charge in [-0.25, -0.2) is 4.98 Å². The van der Waals surface area contributed by atoms with E-state index in [0.29, 0.717) is 23.9 Å². The number of hydrazone groups is 1. The van der Waals surface area contributed by atoms with E-state index in [1.165, 1.54) is 23.4 Å². The van der Waals surface area contributed by atoms with Gasteiger partial charge in [-0.15, -0.1) is 0 Å². The minimum atomic E-state index is 0.425.